The molecule has 1 rings (SSSR count). The third-order valence-corrected chi connectivity index (χ3v) is 2.59. The van der Waals surface area contributed by atoms with Crippen LogP contribution in [0.1, 0.15) is 53.9 Å². The zero-order valence-electron chi connectivity index (χ0n) is 13.2. The molecule has 0 radical (unpaired) electrons. The molecule has 0 spiro atoms. The van der Waals surface area contributed by atoms with E-state index in [1.54, 1.807) is 0 Å². The molecule has 20 heavy (non-hydrogen) atoms. The molecule has 1 aromatic heterocycles. The van der Waals surface area contributed by atoms with E-state index in [-0.39, 0.29) is 6.10 Å². The van der Waals surface area contributed by atoms with Crippen LogP contribution in [0.15, 0.2) is 0 Å². The first-order valence-corrected chi connectivity index (χ1v) is 7.48. The number of nitrogens with one attached hydrogen (secondary N) is 2. The van der Waals surface area contributed by atoms with Crippen LogP contribution in [-0.2, 0) is 0 Å². The van der Waals surface area contributed by atoms with Crippen molar-refractivity contribution in [3.63, 3.8) is 0 Å². The maximum atomic E-state index is 5.57. The lowest BCUT2D eigenvalue weighted by Gasteiger charge is -2.15. The van der Waals surface area contributed by atoms with Crippen LogP contribution in [0.25, 0.3) is 0 Å². The average Bonchev–Trinajstić information content (AvgIpc) is 2.35. The van der Waals surface area contributed by atoms with Gasteiger partial charge in [0.05, 0.1) is 6.10 Å². The Kier molecular flexibility index (Phi) is 7.04. The molecule has 0 fully saturated rings. The second-order valence-corrected chi connectivity index (χ2v) is 5.19. The van der Waals surface area contributed by atoms with E-state index in [4.69, 9.17) is 4.74 Å². The number of hydrogen-bond donors (Lipinski definition) is 2. The third kappa shape index (κ3) is 6.04. The monoisotopic (exact) mass is 281 g/mol. The van der Waals surface area contributed by atoms with Gasteiger partial charge in [-0.05, 0) is 33.6 Å². The number of anilines is 2. The SMILES string of the molecule is CCCNc1nc(NC(C)CCC)nc(OC(C)C)n1. The maximum Gasteiger partial charge on any atom is 0.323 e. The van der Waals surface area contributed by atoms with Crippen LogP contribution >= 0.6 is 0 Å². The van der Waals surface area contributed by atoms with E-state index in [0.29, 0.717) is 23.9 Å². The highest BCUT2D eigenvalue weighted by molar-refractivity contribution is 5.36. The predicted octanol–water partition coefficient (Wildman–Crippen LogP) is 3.08. The summed E-state index contributed by atoms with van der Waals surface area (Å²) in [5, 5.41) is 6.46. The molecule has 0 bridgehead atoms. The molecule has 1 atom stereocenters. The minimum Gasteiger partial charge on any atom is -0.461 e. The molecule has 0 aromatic carbocycles. The molecule has 1 unspecified atom stereocenters. The first-order chi connectivity index (χ1) is 9.55. The molecule has 1 heterocycles. The zero-order valence-corrected chi connectivity index (χ0v) is 13.2. The van der Waals surface area contributed by atoms with Crippen molar-refractivity contribution in [2.24, 2.45) is 0 Å². The Bertz CT molecular complexity index is 397. The summed E-state index contributed by atoms with van der Waals surface area (Å²) in [6, 6.07) is 0.688. The summed E-state index contributed by atoms with van der Waals surface area (Å²) in [5.74, 6) is 1.12. The molecule has 0 saturated heterocycles. The summed E-state index contributed by atoms with van der Waals surface area (Å²) >= 11 is 0. The van der Waals surface area contributed by atoms with Crippen molar-refractivity contribution in [2.75, 3.05) is 17.2 Å². The molecular weight excluding hydrogens is 254 g/mol. The van der Waals surface area contributed by atoms with Crippen molar-refractivity contribution in [3.8, 4) is 6.01 Å². The minimum atomic E-state index is 0.0392. The van der Waals surface area contributed by atoms with Gasteiger partial charge in [0, 0.05) is 12.6 Å². The molecular formula is C14H27N5O. The molecule has 0 aliphatic heterocycles. The number of rotatable bonds is 9. The lowest BCUT2D eigenvalue weighted by atomic mass is 10.2. The van der Waals surface area contributed by atoms with Crippen molar-refractivity contribution in [3.05, 3.63) is 0 Å². The van der Waals surface area contributed by atoms with E-state index < -0.39 is 0 Å². The van der Waals surface area contributed by atoms with E-state index in [1.807, 2.05) is 13.8 Å². The summed E-state index contributed by atoms with van der Waals surface area (Å²) in [6.45, 7) is 11.1. The first kappa shape index (κ1) is 16.5. The van der Waals surface area contributed by atoms with Gasteiger partial charge >= 0.3 is 6.01 Å². The normalized spacial score (nSPS) is 12.3. The van der Waals surface area contributed by atoms with E-state index in [2.05, 4.69) is 46.4 Å². The predicted molar refractivity (Wildman–Crippen MR) is 82.4 cm³/mol. The number of hydrogen-bond acceptors (Lipinski definition) is 6. The van der Waals surface area contributed by atoms with Gasteiger partial charge in [-0.2, -0.15) is 15.0 Å². The second-order valence-electron chi connectivity index (χ2n) is 5.19. The van der Waals surface area contributed by atoms with Crippen LogP contribution in [0.5, 0.6) is 6.01 Å². The molecule has 2 N–H and O–H groups in total. The highest BCUT2D eigenvalue weighted by Crippen LogP contribution is 2.14. The van der Waals surface area contributed by atoms with E-state index >= 15 is 0 Å². The maximum absolute atomic E-state index is 5.57. The number of aromatic nitrogens is 3. The number of ether oxygens (including phenoxy) is 1. The van der Waals surface area contributed by atoms with Gasteiger partial charge in [0.1, 0.15) is 0 Å². The fourth-order valence-corrected chi connectivity index (χ4v) is 1.73. The minimum absolute atomic E-state index is 0.0392. The Hall–Kier alpha value is -1.59. The van der Waals surface area contributed by atoms with Gasteiger partial charge in [-0.1, -0.05) is 20.3 Å². The molecule has 6 heteroatoms. The summed E-state index contributed by atoms with van der Waals surface area (Å²) in [4.78, 5) is 13.0. The van der Waals surface area contributed by atoms with Crippen LogP contribution in [-0.4, -0.2) is 33.6 Å². The van der Waals surface area contributed by atoms with Crippen molar-refractivity contribution in [2.45, 2.75) is 66.0 Å². The van der Waals surface area contributed by atoms with E-state index in [9.17, 15) is 0 Å². The van der Waals surface area contributed by atoms with Gasteiger partial charge in [-0.15, -0.1) is 0 Å². The topological polar surface area (TPSA) is 72.0 Å². The van der Waals surface area contributed by atoms with Crippen LogP contribution < -0.4 is 15.4 Å². The van der Waals surface area contributed by atoms with E-state index in [1.165, 1.54) is 0 Å². The van der Waals surface area contributed by atoms with Gasteiger partial charge in [-0.3, -0.25) is 0 Å². The van der Waals surface area contributed by atoms with E-state index in [0.717, 1.165) is 25.8 Å². The summed E-state index contributed by atoms with van der Waals surface area (Å²) in [5.41, 5.74) is 0. The van der Waals surface area contributed by atoms with Crippen molar-refractivity contribution >= 4 is 11.9 Å². The summed E-state index contributed by atoms with van der Waals surface area (Å²) < 4.78 is 5.57. The highest BCUT2D eigenvalue weighted by atomic mass is 16.5. The lowest BCUT2D eigenvalue weighted by Crippen LogP contribution is -2.19. The molecule has 0 aliphatic rings. The van der Waals surface area contributed by atoms with Crippen LogP contribution in [0.3, 0.4) is 0 Å². The fourth-order valence-electron chi connectivity index (χ4n) is 1.73. The smallest absolute Gasteiger partial charge is 0.323 e. The fraction of sp³-hybridized carbons (Fsp3) is 0.786. The second kappa shape index (κ2) is 8.55. The Morgan fingerprint density at radius 1 is 1.00 bits per heavy atom. The average molecular weight is 281 g/mol. The third-order valence-electron chi connectivity index (χ3n) is 2.59. The highest BCUT2D eigenvalue weighted by Gasteiger charge is 2.10. The van der Waals surface area contributed by atoms with Gasteiger partial charge < -0.3 is 15.4 Å². The molecule has 1 aromatic rings. The molecule has 114 valence electrons. The van der Waals surface area contributed by atoms with Crippen LogP contribution in [0.2, 0.25) is 0 Å². The zero-order chi connectivity index (χ0) is 15.0. The van der Waals surface area contributed by atoms with Gasteiger partial charge in [0.2, 0.25) is 11.9 Å². The Balaban J connectivity index is 2.84. The Labute approximate surface area is 121 Å². The lowest BCUT2D eigenvalue weighted by molar-refractivity contribution is 0.222. The van der Waals surface area contributed by atoms with Crippen molar-refractivity contribution in [1.29, 1.82) is 0 Å². The largest absolute Gasteiger partial charge is 0.461 e. The number of nitrogens with zero attached hydrogens (tertiary/aromatic N) is 3. The summed E-state index contributed by atoms with van der Waals surface area (Å²) in [6.07, 6.45) is 3.25. The molecule has 0 amide bonds. The quantitative estimate of drug-likeness (QED) is 0.724. The standard InChI is InChI=1S/C14H27N5O/c1-6-8-11(5)16-13-17-12(15-9-7-2)18-14(19-13)20-10(3)4/h10-11H,6-9H2,1-5H3,(H2,15,16,17,18,19). The molecule has 0 saturated carbocycles. The van der Waals surface area contributed by atoms with Gasteiger partial charge in [0.25, 0.3) is 0 Å². The van der Waals surface area contributed by atoms with Crippen molar-refractivity contribution in [1.82, 2.24) is 15.0 Å². The summed E-state index contributed by atoms with van der Waals surface area (Å²) in [7, 11) is 0. The van der Waals surface area contributed by atoms with Crippen molar-refractivity contribution < 1.29 is 4.74 Å². The van der Waals surface area contributed by atoms with Crippen LogP contribution in [0, 0.1) is 0 Å². The van der Waals surface area contributed by atoms with Gasteiger partial charge in [-0.25, -0.2) is 0 Å². The Morgan fingerprint density at radius 3 is 2.30 bits per heavy atom. The first-order valence-electron chi connectivity index (χ1n) is 7.48. The molecule has 6 nitrogen and oxygen atoms in total. The van der Waals surface area contributed by atoms with Crippen LogP contribution in [0.4, 0.5) is 11.9 Å². The Morgan fingerprint density at radius 2 is 1.70 bits per heavy atom. The molecule has 0 aliphatic carbocycles. The van der Waals surface area contributed by atoms with Gasteiger partial charge in [0.15, 0.2) is 0 Å².